The van der Waals surface area contributed by atoms with Gasteiger partial charge in [-0.1, -0.05) is 53.7 Å². The van der Waals surface area contributed by atoms with Crippen molar-refractivity contribution in [3.05, 3.63) is 58.7 Å². The quantitative estimate of drug-likeness (QED) is 0.357. The van der Waals surface area contributed by atoms with Crippen LogP contribution in [0.5, 0.6) is 23.0 Å². The zero-order valence-corrected chi connectivity index (χ0v) is 21.9. The number of hydrogen-bond acceptors (Lipinski definition) is 6. The molecule has 0 fully saturated rings. The smallest absolute Gasteiger partial charge is 0.163 e. The van der Waals surface area contributed by atoms with Gasteiger partial charge < -0.3 is 19.7 Å². The highest BCUT2D eigenvalue weighted by molar-refractivity contribution is 6.10. The molecule has 6 nitrogen and oxygen atoms in total. The lowest BCUT2D eigenvalue weighted by molar-refractivity contribution is -0.121. The summed E-state index contributed by atoms with van der Waals surface area (Å²) < 4.78 is 10.5. The summed E-state index contributed by atoms with van der Waals surface area (Å²) in [5.41, 5.74) is 2.12. The maximum absolute atomic E-state index is 12.4. The van der Waals surface area contributed by atoms with Crippen LogP contribution in [-0.4, -0.2) is 36.0 Å². The van der Waals surface area contributed by atoms with Crippen molar-refractivity contribution in [1.29, 1.82) is 0 Å². The zero-order valence-electron chi connectivity index (χ0n) is 21.9. The number of phenols is 2. The molecule has 0 unspecified atom stereocenters. The summed E-state index contributed by atoms with van der Waals surface area (Å²) in [5, 5.41) is 20.8. The minimum Gasteiger partial charge on any atom is -0.504 e. The van der Waals surface area contributed by atoms with Crippen LogP contribution in [-0.2, 0) is 20.4 Å². The van der Waals surface area contributed by atoms with E-state index in [0.717, 1.165) is 0 Å². The summed E-state index contributed by atoms with van der Waals surface area (Å²) in [6.45, 7) is 11.8. The largest absolute Gasteiger partial charge is 0.504 e. The first-order valence-corrected chi connectivity index (χ1v) is 11.4. The third-order valence-corrected chi connectivity index (χ3v) is 5.52. The van der Waals surface area contributed by atoms with Gasteiger partial charge in [0.2, 0.25) is 0 Å². The lowest BCUT2D eigenvalue weighted by Crippen LogP contribution is -2.12. The van der Waals surface area contributed by atoms with Crippen molar-refractivity contribution < 1.29 is 29.3 Å². The second-order valence-corrected chi connectivity index (χ2v) is 10.5. The Hall–Kier alpha value is -3.54. The van der Waals surface area contributed by atoms with Crippen LogP contribution in [0, 0.1) is 0 Å². The molecule has 6 heteroatoms. The third-order valence-electron chi connectivity index (χ3n) is 5.52. The summed E-state index contributed by atoms with van der Waals surface area (Å²) in [6.07, 6.45) is 5.64. The normalized spacial score (nSPS) is 12.3. The van der Waals surface area contributed by atoms with Crippen LogP contribution in [0.2, 0.25) is 0 Å². The molecule has 0 saturated heterocycles. The molecule has 2 aromatic rings. The molecule has 0 aliphatic carbocycles. The Morgan fingerprint density at radius 2 is 1.06 bits per heavy atom. The number of ether oxygens (including phenoxy) is 2. The van der Waals surface area contributed by atoms with E-state index >= 15 is 0 Å². The Bertz CT molecular complexity index is 1070. The van der Waals surface area contributed by atoms with Crippen LogP contribution in [0.3, 0.4) is 0 Å². The van der Waals surface area contributed by atoms with Crippen LogP contribution < -0.4 is 9.47 Å². The van der Waals surface area contributed by atoms with Gasteiger partial charge in [0.1, 0.15) is 0 Å². The van der Waals surface area contributed by atoms with Gasteiger partial charge in [-0.05, 0) is 58.4 Å². The lowest BCUT2D eigenvalue weighted by atomic mass is 9.85. The van der Waals surface area contributed by atoms with Crippen LogP contribution in [0.1, 0.15) is 70.2 Å². The molecule has 0 amide bonds. The van der Waals surface area contributed by atoms with Gasteiger partial charge in [-0.3, -0.25) is 9.59 Å². The summed E-state index contributed by atoms with van der Waals surface area (Å²) in [7, 11) is 2.94. The van der Waals surface area contributed by atoms with Crippen LogP contribution >= 0.6 is 0 Å². The molecule has 2 rings (SSSR count). The summed E-state index contributed by atoms with van der Waals surface area (Å²) >= 11 is 0. The minimum absolute atomic E-state index is 0.0734. The molecule has 0 aromatic heterocycles. The van der Waals surface area contributed by atoms with E-state index in [1.807, 2.05) is 41.5 Å². The van der Waals surface area contributed by atoms with E-state index in [-0.39, 0.29) is 40.3 Å². The molecule has 0 saturated carbocycles. The molecule has 0 bridgehead atoms. The highest BCUT2D eigenvalue weighted by Gasteiger charge is 2.22. The maximum atomic E-state index is 12.4. The molecule has 0 radical (unpaired) electrons. The molecule has 0 aliphatic rings. The first kappa shape index (κ1) is 27.7. The average molecular weight is 481 g/mol. The fourth-order valence-corrected chi connectivity index (χ4v) is 3.57. The van der Waals surface area contributed by atoms with E-state index in [0.29, 0.717) is 33.8 Å². The second-order valence-electron chi connectivity index (χ2n) is 10.5. The molecule has 0 spiro atoms. The fraction of sp³-hybridized carbons (Fsp3) is 0.379. The Kier molecular flexibility index (Phi) is 8.55. The number of carbonyl (C=O) groups excluding carboxylic acids is 2. The van der Waals surface area contributed by atoms with E-state index in [1.54, 1.807) is 36.4 Å². The molecule has 188 valence electrons. The van der Waals surface area contributed by atoms with Gasteiger partial charge in [-0.2, -0.15) is 0 Å². The SMILES string of the molecule is COc1cc(/C=C/C(=O)CC(=O)/C=C/c2cc(OC)c(O)c(C(C)(C)C)c2)cc(C(C)(C)C)c1O. The third kappa shape index (κ3) is 7.22. The number of phenolic OH excluding ortho intramolecular Hbond substituents is 2. The van der Waals surface area contributed by atoms with Gasteiger partial charge in [0, 0.05) is 11.1 Å². The van der Waals surface area contributed by atoms with Crippen molar-refractivity contribution in [2.45, 2.75) is 58.8 Å². The van der Waals surface area contributed by atoms with E-state index in [1.165, 1.54) is 26.4 Å². The van der Waals surface area contributed by atoms with Crippen molar-refractivity contribution in [3.63, 3.8) is 0 Å². The summed E-state index contributed by atoms with van der Waals surface area (Å²) in [6, 6.07) is 6.88. The van der Waals surface area contributed by atoms with Gasteiger partial charge in [0.15, 0.2) is 34.6 Å². The average Bonchev–Trinajstić information content (AvgIpc) is 2.75. The lowest BCUT2D eigenvalue weighted by Gasteiger charge is -2.22. The Labute approximate surface area is 207 Å². The second kappa shape index (κ2) is 10.8. The topological polar surface area (TPSA) is 93.1 Å². The van der Waals surface area contributed by atoms with Crippen molar-refractivity contribution in [2.75, 3.05) is 14.2 Å². The molecule has 35 heavy (non-hydrogen) atoms. The fourth-order valence-electron chi connectivity index (χ4n) is 3.57. The predicted molar refractivity (Wildman–Crippen MR) is 139 cm³/mol. The van der Waals surface area contributed by atoms with Crippen LogP contribution in [0.25, 0.3) is 12.2 Å². The molecular weight excluding hydrogens is 444 g/mol. The number of methoxy groups -OCH3 is 2. The van der Waals surface area contributed by atoms with Gasteiger partial charge in [-0.15, -0.1) is 0 Å². The van der Waals surface area contributed by atoms with E-state index in [2.05, 4.69) is 0 Å². The van der Waals surface area contributed by atoms with Crippen molar-refractivity contribution >= 4 is 23.7 Å². The summed E-state index contributed by atoms with van der Waals surface area (Å²) in [5.74, 6) is 0.101. The molecule has 2 aromatic carbocycles. The van der Waals surface area contributed by atoms with Crippen molar-refractivity contribution in [2.24, 2.45) is 0 Å². The number of rotatable bonds is 8. The van der Waals surface area contributed by atoms with Gasteiger partial charge in [-0.25, -0.2) is 0 Å². The Balaban J connectivity index is 2.18. The number of carbonyl (C=O) groups is 2. The number of allylic oxidation sites excluding steroid dienone is 2. The molecule has 0 heterocycles. The predicted octanol–water partition coefficient (Wildman–Crippen LogP) is 5.96. The highest BCUT2D eigenvalue weighted by Crippen LogP contribution is 2.40. The monoisotopic (exact) mass is 480 g/mol. The van der Waals surface area contributed by atoms with Crippen LogP contribution in [0.15, 0.2) is 36.4 Å². The number of hydrogen-bond donors (Lipinski definition) is 2. The van der Waals surface area contributed by atoms with E-state index in [4.69, 9.17) is 9.47 Å². The first-order chi connectivity index (χ1) is 16.2. The standard InChI is InChI=1S/C29H36O6/c1-28(2,3)22-13-18(15-24(34-7)26(22)32)9-11-20(30)17-21(31)12-10-19-14-23(29(4,5)6)27(33)25(16-19)35-8/h9-16,32-33H,17H2,1-8H3/b11-9+,12-10+. The Morgan fingerprint density at radius 3 is 1.34 bits per heavy atom. The Morgan fingerprint density at radius 1 is 0.714 bits per heavy atom. The minimum atomic E-state index is -0.345. The molecular formula is C29H36O6. The molecule has 0 atom stereocenters. The number of benzene rings is 2. The van der Waals surface area contributed by atoms with E-state index in [9.17, 15) is 19.8 Å². The number of ketones is 2. The van der Waals surface area contributed by atoms with Crippen molar-refractivity contribution in [3.8, 4) is 23.0 Å². The van der Waals surface area contributed by atoms with Crippen molar-refractivity contribution in [1.82, 2.24) is 0 Å². The van der Waals surface area contributed by atoms with E-state index < -0.39 is 0 Å². The van der Waals surface area contributed by atoms with Gasteiger partial charge in [0.05, 0.1) is 20.6 Å². The van der Waals surface area contributed by atoms with Crippen LogP contribution in [0.4, 0.5) is 0 Å². The zero-order chi connectivity index (χ0) is 26.6. The first-order valence-electron chi connectivity index (χ1n) is 11.4. The summed E-state index contributed by atoms with van der Waals surface area (Å²) in [4.78, 5) is 24.8. The molecule has 0 aliphatic heterocycles. The number of aromatic hydroxyl groups is 2. The molecule has 2 N–H and O–H groups in total. The highest BCUT2D eigenvalue weighted by atomic mass is 16.5. The maximum Gasteiger partial charge on any atom is 0.163 e. The van der Waals surface area contributed by atoms with Gasteiger partial charge >= 0.3 is 0 Å². The van der Waals surface area contributed by atoms with Gasteiger partial charge in [0.25, 0.3) is 0 Å².